The van der Waals surface area contributed by atoms with Gasteiger partial charge >= 0.3 is 5.69 Å². The molecule has 0 aliphatic heterocycles. The van der Waals surface area contributed by atoms with Gasteiger partial charge in [0, 0.05) is 13.6 Å². The highest BCUT2D eigenvalue weighted by Crippen LogP contribution is 2.16. The monoisotopic (exact) mass is 262 g/mol. The van der Waals surface area contributed by atoms with E-state index >= 15 is 0 Å². The number of benzene rings is 1. The van der Waals surface area contributed by atoms with E-state index in [2.05, 4.69) is 0 Å². The Balaban J connectivity index is 2.77. The summed E-state index contributed by atoms with van der Waals surface area (Å²) in [5.41, 5.74) is 0.116. The van der Waals surface area contributed by atoms with Crippen LogP contribution in [0.4, 0.5) is 0 Å². The second-order valence-corrected chi connectivity index (χ2v) is 4.54. The predicted molar refractivity (Wildman–Crippen MR) is 74.9 cm³/mol. The van der Waals surface area contributed by atoms with E-state index in [0.717, 1.165) is 12.8 Å². The molecule has 5 heteroatoms. The Kier molecular flexibility index (Phi) is 3.74. The van der Waals surface area contributed by atoms with Gasteiger partial charge in [-0.25, -0.2) is 4.79 Å². The fraction of sp³-hybridized carbons (Fsp3) is 0.429. The third-order valence-electron chi connectivity index (χ3n) is 3.29. The van der Waals surface area contributed by atoms with E-state index in [1.807, 2.05) is 6.92 Å². The van der Waals surface area contributed by atoms with Crippen LogP contribution in [0.3, 0.4) is 0 Å². The number of ether oxygens (including phenoxy) is 1. The number of hydrogen-bond acceptors (Lipinski definition) is 3. The number of nitrogens with zero attached hydrogens (tertiary/aromatic N) is 2. The second kappa shape index (κ2) is 5.30. The smallest absolute Gasteiger partial charge is 0.331 e. The summed E-state index contributed by atoms with van der Waals surface area (Å²) in [6, 6.07) is 5.16. The number of unbranched alkanes of at least 4 members (excludes halogenated alkanes) is 1. The molecule has 19 heavy (non-hydrogen) atoms. The highest BCUT2D eigenvalue weighted by Gasteiger charge is 2.11. The molecule has 0 unspecified atom stereocenters. The zero-order chi connectivity index (χ0) is 14.0. The molecule has 2 rings (SSSR count). The van der Waals surface area contributed by atoms with Crippen molar-refractivity contribution in [1.82, 2.24) is 9.13 Å². The van der Waals surface area contributed by atoms with E-state index in [-0.39, 0.29) is 11.2 Å². The van der Waals surface area contributed by atoms with Gasteiger partial charge in [-0.3, -0.25) is 13.9 Å². The van der Waals surface area contributed by atoms with Gasteiger partial charge in [-0.1, -0.05) is 13.3 Å². The van der Waals surface area contributed by atoms with Crippen LogP contribution in [0.1, 0.15) is 19.8 Å². The van der Waals surface area contributed by atoms with Gasteiger partial charge in [-0.15, -0.1) is 0 Å². The zero-order valence-corrected chi connectivity index (χ0v) is 11.5. The lowest BCUT2D eigenvalue weighted by molar-refractivity contribution is 0.415. The number of hydrogen-bond donors (Lipinski definition) is 0. The third-order valence-corrected chi connectivity index (χ3v) is 3.29. The molecule has 1 heterocycles. The van der Waals surface area contributed by atoms with Crippen LogP contribution in [0.5, 0.6) is 5.75 Å². The number of methoxy groups -OCH3 is 1. The first-order valence-corrected chi connectivity index (χ1v) is 6.37. The normalized spacial score (nSPS) is 10.9. The van der Waals surface area contributed by atoms with E-state index in [0.29, 0.717) is 23.2 Å². The number of fused-ring (bicyclic) bond motifs is 1. The molecule has 2 aromatic rings. The molecule has 0 aliphatic rings. The van der Waals surface area contributed by atoms with E-state index in [9.17, 15) is 9.59 Å². The maximum Gasteiger partial charge on any atom is 0.331 e. The predicted octanol–water partition coefficient (Wildman–Crippen LogP) is 1.51. The van der Waals surface area contributed by atoms with Crippen molar-refractivity contribution < 1.29 is 4.74 Å². The summed E-state index contributed by atoms with van der Waals surface area (Å²) in [6.45, 7) is 2.48. The second-order valence-electron chi connectivity index (χ2n) is 4.54. The maximum absolute atomic E-state index is 12.4. The van der Waals surface area contributed by atoms with Gasteiger partial charge in [-0.05, 0) is 24.6 Å². The zero-order valence-electron chi connectivity index (χ0n) is 11.5. The average Bonchev–Trinajstić information content (AvgIpc) is 2.44. The van der Waals surface area contributed by atoms with Crippen molar-refractivity contribution in [2.75, 3.05) is 7.11 Å². The van der Waals surface area contributed by atoms with E-state index in [1.54, 1.807) is 32.4 Å². The van der Waals surface area contributed by atoms with Crippen LogP contribution in [0.25, 0.3) is 10.9 Å². The summed E-state index contributed by atoms with van der Waals surface area (Å²) in [5, 5.41) is 0.512. The van der Waals surface area contributed by atoms with Crippen LogP contribution in [-0.2, 0) is 13.6 Å². The SMILES string of the molecule is CCCCn1c(=O)c2cc(OC)ccc2n(C)c1=O. The molecule has 0 saturated carbocycles. The standard InChI is InChI=1S/C14H18N2O3/c1-4-5-8-16-13(17)11-9-10(19-3)6-7-12(11)15(2)14(16)18/h6-7,9H,4-5,8H2,1-3H3. The summed E-state index contributed by atoms with van der Waals surface area (Å²) in [6.07, 6.45) is 1.75. The lowest BCUT2D eigenvalue weighted by Crippen LogP contribution is -2.39. The summed E-state index contributed by atoms with van der Waals surface area (Å²) in [4.78, 5) is 24.5. The molecule has 1 aromatic heterocycles. The van der Waals surface area contributed by atoms with Gasteiger partial charge < -0.3 is 4.74 Å². The highest BCUT2D eigenvalue weighted by atomic mass is 16.5. The summed E-state index contributed by atoms with van der Waals surface area (Å²) < 4.78 is 7.94. The van der Waals surface area contributed by atoms with Crippen LogP contribution < -0.4 is 16.0 Å². The lowest BCUT2D eigenvalue weighted by Gasteiger charge is -2.11. The van der Waals surface area contributed by atoms with Crippen LogP contribution in [0.15, 0.2) is 27.8 Å². The van der Waals surface area contributed by atoms with E-state index in [4.69, 9.17) is 4.74 Å². The van der Waals surface area contributed by atoms with Gasteiger partial charge in [-0.2, -0.15) is 0 Å². The molecule has 1 aromatic carbocycles. The maximum atomic E-state index is 12.4. The van der Waals surface area contributed by atoms with Crippen LogP contribution in [0, 0.1) is 0 Å². The fourth-order valence-electron chi connectivity index (χ4n) is 2.14. The van der Waals surface area contributed by atoms with Crippen molar-refractivity contribution >= 4 is 10.9 Å². The van der Waals surface area contributed by atoms with E-state index < -0.39 is 0 Å². The molecule has 102 valence electrons. The Morgan fingerprint density at radius 3 is 2.63 bits per heavy atom. The molecule has 0 spiro atoms. The number of aryl methyl sites for hydroxylation is 1. The highest BCUT2D eigenvalue weighted by molar-refractivity contribution is 5.79. The Bertz CT molecular complexity index is 713. The Morgan fingerprint density at radius 2 is 2.00 bits per heavy atom. The summed E-state index contributed by atoms with van der Waals surface area (Å²) >= 11 is 0. The first kappa shape index (κ1) is 13.4. The Labute approximate surface area is 111 Å². The minimum Gasteiger partial charge on any atom is -0.497 e. The van der Waals surface area contributed by atoms with Crippen molar-refractivity contribution in [1.29, 1.82) is 0 Å². The van der Waals surface area contributed by atoms with Crippen molar-refractivity contribution in [3.05, 3.63) is 39.0 Å². The first-order chi connectivity index (χ1) is 9.10. The molecule has 0 aliphatic carbocycles. The first-order valence-electron chi connectivity index (χ1n) is 6.37. The van der Waals surface area contributed by atoms with Gasteiger partial charge in [0.15, 0.2) is 0 Å². The van der Waals surface area contributed by atoms with Crippen LogP contribution in [-0.4, -0.2) is 16.2 Å². The van der Waals surface area contributed by atoms with Crippen molar-refractivity contribution in [3.8, 4) is 5.75 Å². The quantitative estimate of drug-likeness (QED) is 0.839. The molecule has 0 fully saturated rings. The van der Waals surface area contributed by atoms with Crippen LogP contribution in [0.2, 0.25) is 0 Å². The Hall–Kier alpha value is -2.04. The molecule has 0 saturated heterocycles. The van der Waals surface area contributed by atoms with Crippen molar-refractivity contribution in [3.63, 3.8) is 0 Å². The van der Waals surface area contributed by atoms with Crippen LogP contribution >= 0.6 is 0 Å². The summed E-state index contributed by atoms with van der Waals surface area (Å²) in [7, 11) is 3.23. The topological polar surface area (TPSA) is 53.2 Å². The molecular formula is C14H18N2O3. The summed E-state index contributed by atoms with van der Waals surface area (Å²) in [5.74, 6) is 0.616. The molecule has 0 bridgehead atoms. The Morgan fingerprint density at radius 1 is 1.26 bits per heavy atom. The average molecular weight is 262 g/mol. The van der Waals surface area contributed by atoms with Gasteiger partial charge in [0.2, 0.25) is 0 Å². The number of aromatic nitrogens is 2. The molecule has 5 nitrogen and oxygen atoms in total. The van der Waals surface area contributed by atoms with Crippen molar-refractivity contribution in [2.24, 2.45) is 7.05 Å². The van der Waals surface area contributed by atoms with Gasteiger partial charge in [0.1, 0.15) is 5.75 Å². The molecule has 0 atom stereocenters. The minimum atomic E-state index is -0.267. The lowest BCUT2D eigenvalue weighted by atomic mass is 10.2. The number of rotatable bonds is 4. The third kappa shape index (κ3) is 2.28. The molecule has 0 radical (unpaired) electrons. The fourth-order valence-corrected chi connectivity index (χ4v) is 2.14. The van der Waals surface area contributed by atoms with E-state index in [1.165, 1.54) is 9.13 Å². The largest absolute Gasteiger partial charge is 0.497 e. The minimum absolute atomic E-state index is 0.245. The molecule has 0 amide bonds. The van der Waals surface area contributed by atoms with Crippen molar-refractivity contribution in [2.45, 2.75) is 26.3 Å². The molecular weight excluding hydrogens is 244 g/mol. The molecule has 0 N–H and O–H groups in total. The van der Waals surface area contributed by atoms with Gasteiger partial charge in [0.25, 0.3) is 5.56 Å². The van der Waals surface area contributed by atoms with Gasteiger partial charge in [0.05, 0.1) is 18.0 Å².